The number of carbonyl (C=O) groups excluding carboxylic acids is 1. The first-order chi connectivity index (χ1) is 8.95. The second-order valence-electron chi connectivity index (χ2n) is 4.27. The lowest BCUT2D eigenvalue weighted by molar-refractivity contribution is -0.135. The van der Waals surface area contributed by atoms with E-state index in [0.717, 1.165) is 0 Å². The van der Waals surface area contributed by atoms with Crippen LogP contribution in [0.4, 0.5) is 0 Å². The topological polar surface area (TPSA) is 49.8 Å². The molecule has 19 heavy (non-hydrogen) atoms. The molecule has 1 amide bonds. The summed E-state index contributed by atoms with van der Waals surface area (Å²) < 4.78 is 6.15. The maximum Gasteiger partial charge on any atom is 0.260 e. The maximum atomic E-state index is 12.0. The van der Waals surface area contributed by atoms with Crippen molar-refractivity contribution in [2.75, 3.05) is 19.8 Å². The van der Waals surface area contributed by atoms with Crippen molar-refractivity contribution in [3.63, 3.8) is 0 Å². The molecule has 0 heterocycles. The number of amides is 1. The Morgan fingerprint density at radius 3 is 2.74 bits per heavy atom. The third kappa shape index (κ3) is 5.01. The van der Waals surface area contributed by atoms with Crippen molar-refractivity contribution in [3.05, 3.63) is 27.7 Å². The predicted molar refractivity (Wildman–Crippen MR) is 78.6 cm³/mol. The van der Waals surface area contributed by atoms with Gasteiger partial charge in [0.1, 0.15) is 5.75 Å². The van der Waals surface area contributed by atoms with Gasteiger partial charge in [0.05, 0.1) is 11.1 Å². The molecule has 0 atom stereocenters. The molecule has 0 aliphatic carbocycles. The number of hydrogen-bond acceptors (Lipinski definition) is 3. The number of ether oxygens (including phenoxy) is 1. The molecule has 0 bridgehead atoms. The SMILES string of the molecule is CC(C)N(CCO)C(=O)COc1ccc(Cl)cc1Br. The van der Waals surface area contributed by atoms with Crippen molar-refractivity contribution >= 4 is 33.4 Å². The standard InChI is InChI=1S/C13H17BrClNO3/c1-9(2)16(5-6-17)13(18)8-19-12-4-3-10(15)7-11(12)14/h3-4,7,9,17H,5-6,8H2,1-2H3. The quantitative estimate of drug-likeness (QED) is 0.858. The van der Waals surface area contributed by atoms with Crippen LogP contribution in [0.1, 0.15) is 13.8 Å². The first-order valence-electron chi connectivity index (χ1n) is 5.94. The first kappa shape index (κ1) is 16.3. The van der Waals surface area contributed by atoms with Gasteiger partial charge in [-0.25, -0.2) is 0 Å². The summed E-state index contributed by atoms with van der Waals surface area (Å²) in [6, 6.07) is 5.12. The molecule has 1 aromatic carbocycles. The van der Waals surface area contributed by atoms with E-state index in [1.165, 1.54) is 0 Å². The van der Waals surface area contributed by atoms with Gasteiger partial charge in [0.2, 0.25) is 0 Å². The van der Waals surface area contributed by atoms with Crippen molar-refractivity contribution in [3.8, 4) is 5.75 Å². The normalized spacial score (nSPS) is 10.6. The second-order valence-corrected chi connectivity index (χ2v) is 5.56. The summed E-state index contributed by atoms with van der Waals surface area (Å²) in [5, 5.41) is 9.53. The van der Waals surface area contributed by atoms with Crippen LogP contribution in [-0.4, -0.2) is 41.7 Å². The fourth-order valence-corrected chi connectivity index (χ4v) is 2.39. The van der Waals surface area contributed by atoms with Crippen molar-refractivity contribution in [2.24, 2.45) is 0 Å². The zero-order valence-electron chi connectivity index (χ0n) is 10.9. The zero-order valence-corrected chi connectivity index (χ0v) is 13.2. The number of aliphatic hydroxyl groups is 1. The Labute approximate surface area is 126 Å². The summed E-state index contributed by atoms with van der Waals surface area (Å²) in [6.07, 6.45) is 0. The highest BCUT2D eigenvalue weighted by atomic mass is 79.9. The lowest BCUT2D eigenvalue weighted by Gasteiger charge is -2.25. The third-order valence-electron chi connectivity index (χ3n) is 2.53. The minimum absolute atomic E-state index is 0.0249. The van der Waals surface area contributed by atoms with E-state index in [4.69, 9.17) is 21.4 Å². The lowest BCUT2D eigenvalue weighted by atomic mass is 10.3. The van der Waals surface area contributed by atoms with E-state index >= 15 is 0 Å². The Bertz CT molecular complexity index is 440. The second kappa shape index (κ2) is 7.72. The maximum absolute atomic E-state index is 12.0. The van der Waals surface area contributed by atoms with Crippen LogP contribution in [0.2, 0.25) is 5.02 Å². The number of hydrogen-bond donors (Lipinski definition) is 1. The number of benzene rings is 1. The lowest BCUT2D eigenvalue weighted by Crippen LogP contribution is -2.41. The highest BCUT2D eigenvalue weighted by Gasteiger charge is 2.17. The van der Waals surface area contributed by atoms with E-state index in [1.807, 2.05) is 13.8 Å². The van der Waals surface area contributed by atoms with Gasteiger partial charge in [0.25, 0.3) is 5.91 Å². The van der Waals surface area contributed by atoms with Gasteiger partial charge in [0, 0.05) is 17.6 Å². The molecule has 0 unspecified atom stereocenters. The van der Waals surface area contributed by atoms with Gasteiger partial charge in [-0.05, 0) is 48.0 Å². The average molecular weight is 351 g/mol. The molecular formula is C13H17BrClNO3. The van der Waals surface area contributed by atoms with Gasteiger partial charge in [-0.1, -0.05) is 11.6 Å². The molecule has 4 nitrogen and oxygen atoms in total. The molecule has 106 valence electrons. The van der Waals surface area contributed by atoms with E-state index < -0.39 is 0 Å². The van der Waals surface area contributed by atoms with Gasteiger partial charge >= 0.3 is 0 Å². The van der Waals surface area contributed by atoms with Crippen LogP contribution < -0.4 is 4.74 Å². The zero-order chi connectivity index (χ0) is 14.4. The molecular weight excluding hydrogens is 334 g/mol. The van der Waals surface area contributed by atoms with Crippen LogP contribution in [-0.2, 0) is 4.79 Å². The summed E-state index contributed by atoms with van der Waals surface area (Å²) >= 11 is 9.14. The Hall–Kier alpha value is -0.780. The summed E-state index contributed by atoms with van der Waals surface area (Å²) in [5.41, 5.74) is 0. The first-order valence-corrected chi connectivity index (χ1v) is 7.11. The fourth-order valence-electron chi connectivity index (χ4n) is 1.59. The number of carbonyl (C=O) groups is 1. The molecule has 0 saturated carbocycles. The van der Waals surface area contributed by atoms with E-state index in [2.05, 4.69) is 15.9 Å². The molecule has 1 aromatic rings. The molecule has 0 aromatic heterocycles. The van der Waals surface area contributed by atoms with Crippen LogP contribution in [0, 0.1) is 0 Å². The van der Waals surface area contributed by atoms with Crippen LogP contribution in [0.5, 0.6) is 5.75 Å². The average Bonchev–Trinajstić information content (AvgIpc) is 2.34. The minimum atomic E-state index is -0.161. The van der Waals surface area contributed by atoms with Gasteiger partial charge in [-0.15, -0.1) is 0 Å². The number of rotatable bonds is 6. The van der Waals surface area contributed by atoms with E-state index in [0.29, 0.717) is 21.8 Å². The smallest absolute Gasteiger partial charge is 0.260 e. The summed E-state index contributed by atoms with van der Waals surface area (Å²) in [4.78, 5) is 13.5. The van der Waals surface area contributed by atoms with Crippen LogP contribution >= 0.6 is 27.5 Å². The molecule has 0 aliphatic rings. The molecule has 0 fully saturated rings. The Morgan fingerprint density at radius 1 is 1.53 bits per heavy atom. The van der Waals surface area contributed by atoms with E-state index in [9.17, 15) is 4.79 Å². The van der Waals surface area contributed by atoms with Crippen molar-refractivity contribution in [1.29, 1.82) is 0 Å². The van der Waals surface area contributed by atoms with Gasteiger partial charge in [0.15, 0.2) is 6.61 Å². The molecule has 6 heteroatoms. The molecule has 0 aliphatic heterocycles. The largest absolute Gasteiger partial charge is 0.483 e. The molecule has 0 saturated heterocycles. The molecule has 1 rings (SSSR count). The van der Waals surface area contributed by atoms with Gasteiger partial charge in [-0.2, -0.15) is 0 Å². The fraction of sp³-hybridized carbons (Fsp3) is 0.462. The van der Waals surface area contributed by atoms with Crippen molar-refractivity contribution < 1.29 is 14.6 Å². The predicted octanol–water partition coefficient (Wildman–Crippen LogP) is 2.71. The van der Waals surface area contributed by atoms with E-state index in [-0.39, 0.29) is 25.2 Å². The van der Waals surface area contributed by atoms with E-state index in [1.54, 1.807) is 23.1 Å². The Morgan fingerprint density at radius 2 is 2.21 bits per heavy atom. The number of aliphatic hydroxyl groups excluding tert-OH is 1. The van der Waals surface area contributed by atoms with Gasteiger partial charge < -0.3 is 14.7 Å². The minimum Gasteiger partial charge on any atom is -0.483 e. The van der Waals surface area contributed by atoms with Crippen molar-refractivity contribution in [2.45, 2.75) is 19.9 Å². The number of nitrogens with zero attached hydrogens (tertiary/aromatic N) is 1. The third-order valence-corrected chi connectivity index (χ3v) is 3.38. The van der Waals surface area contributed by atoms with Crippen LogP contribution in [0.15, 0.2) is 22.7 Å². The molecule has 0 radical (unpaired) electrons. The number of halogens is 2. The van der Waals surface area contributed by atoms with Crippen LogP contribution in [0.3, 0.4) is 0 Å². The summed E-state index contributed by atoms with van der Waals surface area (Å²) in [6.45, 7) is 3.96. The summed E-state index contributed by atoms with van der Waals surface area (Å²) in [5.74, 6) is 0.399. The summed E-state index contributed by atoms with van der Waals surface area (Å²) in [7, 11) is 0. The highest BCUT2D eigenvalue weighted by molar-refractivity contribution is 9.10. The monoisotopic (exact) mass is 349 g/mol. The Balaban J connectivity index is 2.62. The molecule has 1 N–H and O–H groups in total. The molecule has 0 spiro atoms. The highest BCUT2D eigenvalue weighted by Crippen LogP contribution is 2.27. The van der Waals surface area contributed by atoms with Crippen molar-refractivity contribution in [1.82, 2.24) is 4.90 Å². The van der Waals surface area contributed by atoms with Crippen LogP contribution in [0.25, 0.3) is 0 Å². The van der Waals surface area contributed by atoms with Gasteiger partial charge in [-0.3, -0.25) is 4.79 Å². The Kier molecular flexibility index (Phi) is 6.62.